The summed E-state index contributed by atoms with van der Waals surface area (Å²) < 4.78 is 0. The molecule has 0 radical (unpaired) electrons. The fourth-order valence-corrected chi connectivity index (χ4v) is 4.63. The van der Waals surface area contributed by atoms with E-state index in [1.807, 2.05) is 11.1 Å². The summed E-state index contributed by atoms with van der Waals surface area (Å²) in [4.78, 5) is 19.8. The first-order chi connectivity index (χ1) is 16.6. The summed E-state index contributed by atoms with van der Waals surface area (Å²) in [7, 11) is 2.18. The molecule has 0 amide bonds. The Morgan fingerprint density at radius 3 is 2.53 bits per heavy atom. The van der Waals surface area contributed by atoms with Gasteiger partial charge in [-0.25, -0.2) is 15.0 Å². The number of hydroxylamine groups is 1. The second-order valence-electron chi connectivity index (χ2n) is 9.51. The van der Waals surface area contributed by atoms with Crippen LogP contribution < -0.4 is 15.3 Å². The Bertz CT molecular complexity index is 1090. The largest absolute Gasteiger partial charge is 0.369 e. The van der Waals surface area contributed by atoms with Crippen LogP contribution >= 0.6 is 0 Å². The van der Waals surface area contributed by atoms with Crippen LogP contribution in [0.3, 0.4) is 0 Å². The normalized spacial score (nSPS) is 19.1. The minimum Gasteiger partial charge on any atom is -0.369 e. The van der Waals surface area contributed by atoms with Crippen molar-refractivity contribution < 1.29 is 4.84 Å². The molecule has 2 aliphatic rings. The number of benzene rings is 2. The summed E-state index contributed by atoms with van der Waals surface area (Å²) in [5.74, 6) is 2.01. The van der Waals surface area contributed by atoms with Gasteiger partial charge in [0.05, 0.1) is 12.6 Å². The molecule has 0 spiro atoms. The van der Waals surface area contributed by atoms with E-state index in [9.17, 15) is 0 Å². The van der Waals surface area contributed by atoms with Gasteiger partial charge >= 0.3 is 0 Å². The Morgan fingerprint density at radius 1 is 0.971 bits per heavy atom. The topological polar surface area (TPSA) is 56.8 Å². The second kappa shape index (κ2) is 9.99. The zero-order valence-electron chi connectivity index (χ0n) is 20.3. The number of piperazine rings is 1. The van der Waals surface area contributed by atoms with Crippen LogP contribution in [-0.4, -0.2) is 54.7 Å². The molecule has 0 bridgehead atoms. The first-order valence-corrected chi connectivity index (χ1v) is 12.2. The standard InChI is InChI=1S/C27H34N6O/c1-20(2)21-5-4-6-22(17-21)25-11-16-34-33(25)27-18-26(28-19-29-27)30-23-7-9-24(10-8-23)32-14-12-31(3)13-15-32/h4-10,17-20,25H,11-16H2,1-3H3,(H,28,29,30)/t25-/m1/s1. The maximum atomic E-state index is 6.01. The van der Waals surface area contributed by atoms with Gasteiger partial charge in [-0.05, 0) is 48.4 Å². The first-order valence-electron chi connectivity index (χ1n) is 12.2. The van der Waals surface area contributed by atoms with E-state index in [1.165, 1.54) is 16.8 Å². The molecule has 1 atom stereocenters. The fourth-order valence-electron chi connectivity index (χ4n) is 4.63. The molecule has 34 heavy (non-hydrogen) atoms. The maximum Gasteiger partial charge on any atom is 0.158 e. The van der Waals surface area contributed by atoms with E-state index in [4.69, 9.17) is 4.84 Å². The van der Waals surface area contributed by atoms with Gasteiger partial charge in [0, 0.05) is 50.0 Å². The van der Waals surface area contributed by atoms with E-state index >= 15 is 0 Å². The number of likely N-dealkylation sites (N-methyl/N-ethyl adjacent to an activating group) is 1. The number of nitrogens with one attached hydrogen (secondary N) is 1. The van der Waals surface area contributed by atoms with Crippen LogP contribution in [0.4, 0.5) is 23.0 Å². The van der Waals surface area contributed by atoms with Gasteiger partial charge in [0.25, 0.3) is 0 Å². The smallest absolute Gasteiger partial charge is 0.158 e. The summed E-state index contributed by atoms with van der Waals surface area (Å²) in [6.45, 7) is 9.46. The highest BCUT2D eigenvalue weighted by atomic mass is 16.7. The molecule has 0 aliphatic carbocycles. The van der Waals surface area contributed by atoms with Crippen LogP contribution in [0.1, 0.15) is 43.4 Å². The third kappa shape index (κ3) is 5.00. The van der Waals surface area contributed by atoms with Crippen molar-refractivity contribution in [3.63, 3.8) is 0 Å². The maximum absolute atomic E-state index is 6.01. The van der Waals surface area contributed by atoms with E-state index < -0.39 is 0 Å². The van der Waals surface area contributed by atoms with Crippen LogP contribution in [0.5, 0.6) is 0 Å². The van der Waals surface area contributed by atoms with Crippen molar-refractivity contribution in [3.8, 4) is 0 Å². The Morgan fingerprint density at radius 2 is 1.76 bits per heavy atom. The van der Waals surface area contributed by atoms with Crippen LogP contribution in [0.2, 0.25) is 0 Å². The minimum absolute atomic E-state index is 0.143. The molecular weight excluding hydrogens is 424 g/mol. The van der Waals surface area contributed by atoms with Gasteiger partial charge < -0.3 is 15.1 Å². The third-order valence-electron chi connectivity index (χ3n) is 6.75. The summed E-state index contributed by atoms with van der Waals surface area (Å²) in [6, 6.07) is 19.5. The van der Waals surface area contributed by atoms with Gasteiger partial charge in [-0.1, -0.05) is 38.1 Å². The van der Waals surface area contributed by atoms with Gasteiger partial charge in [0.15, 0.2) is 5.82 Å². The lowest BCUT2D eigenvalue weighted by molar-refractivity contribution is 0.157. The highest BCUT2D eigenvalue weighted by Gasteiger charge is 2.29. The van der Waals surface area contributed by atoms with Gasteiger partial charge in [-0.15, -0.1) is 0 Å². The van der Waals surface area contributed by atoms with Gasteiger partial charge in [-0.3, -0.25) is 4.84 Å². The molecule has 1 aromatic heterocycles. The van der Waals surface area contributed by atoms with Crippen LogP contribution in [0, 0.1) is 0 Å². The lowest BCUT2D eigenvalue weighted by atomic mass is 9.96. The highest BCUT2D eigenvalue weighted by Crippen LogP contribution is 2.35. The Labute approximate surface area is 202 Å². The Kier molecular flexibility index (Phi) is 6.65. The molecule has 2 fully saturated rings. The Hall–Kier alpha value is -3.16. The molecule has 5 rings (SSSR count). The average molecular weight is 459 g/mol. The van der Waals surface area contributed by atoms with Gasteiger partial charge in [-0.2, -0.15) is 0 Å². The number of aromatic nitrogens is 2. The van der Waals surface area contributed by atoms with Crippen molar-refractivity contribution in [2.24, 2.45) is 0 Å². The molecule has 3 heterocycles. The zero-order valence-corrected chi connectivity index (χ0v) is 20.3. The molecule has 0 saturated carbocycles. The fraction of sp³-hybridized carbons (Fsp3) is 0.407. The molecule has 0 unspecified atom stereocenters. The van der Waals surface area contributed by atoms with Crippen molar-refractivity contribution in [1.29, 1.82) is 0 Å². The van der Waals surface area contributed by atoms with Gasteiger partial charge in [0.1, 0.15) is 12.1 Å². The molecule has 7 heteroatoms. The third-order valence-corrected chi connectivity index (χ3v) is 6.75. The summed E-state index contributed by atoms with van der Waals surface area (Å²) in [5, 5.41) is 5.36. The molecule has 2 aliphatic heterocycles. The zero-order chi connectivity index (χ0) is 23.5. The highest BCUT2D eigenvalue weighted by molar-refractivity contribution is 5.62. The van der Waals surface area contributed by atoms with Crippen molar-refractivity contribution in [1.82, 2.24) is 14.9 Å². The molecule has 178 valence electrons. The summed E-state index contributed by atoms with van der Waals surface area (Å²) >= 11 is 0. The van der Waals surface area contributed by atoms with E-state index in [2.05, 4.69) is 94.5 Å². The number of anilines is 4. The monoisotopic (exact) mass is 458 g/mol. The number of nitrogens with zero attached hydrogens (tertiary/aromatic N) is 5. The van der Waals surface area contributed by atoms with Crippen molar-refractivity contribution >= 4 is 23.0 Å². The lowest BCUT2D eigenvalue weighted by Gasteiger charge is -2.34. The predicted molar refractivity (Wildman–Crippen MR) is 138 cm³/mol. The summed E-state index contributed by atoms with van der Waals surface area (Å²) in [6.07, 6.45) is 2.53. The van der Waals surface area contributed by atoms with E-state index in [-0.39, 0.29) is 6.04 Å². The number of hydrogen-bond donors (Lipinski definition) is 1. The van der Waals surface area contributed by atoms with Crippen LogP contribution in [-0.2, 0) is 4.84 Å². The first kappa shape index (κ1) is 22.6. The minimum atomic E-state index is 0.143. The van der Waals surface area contributed by atoms with Crippen LogP contribution in [0.15, 0.2) is 60.9 Å². The lowest BCUT2D eigenvalue weighted by Crippen LogP contribution is -2.44. The number of rotatable bonds is 6. The molecule has 1 N–H and O–H groups in total. The molecule has 2 saturated heterocycles. The second-order valence-corrected chi connectivity index (χ2v) is 9.51. The van der Waals surface area contributed by atoms with Crippen LogP contribution in [0.25, 0.3) is 0 Å². The summed E-state index contributed by atoms with van der Waals surface area (Å²) in [5.41, 5.74) is 4.87. The average Bonchev–Trinajstić information content (AvgIpc) is 3.36. The predicted octanol–water partition coefficient (Wildman–Crippen LogP) is 4.98. The molecule has 3 aromatic rings. The molecule has 7 nitrogen and oxygen atoms in total. The van der Waals surface area contributed by atoms with E-state index in [0.29, 0.717) is 12.5 Å². The van der Waals surface area contributed by atoms with Crippen molar-refractivity contribution in [3.05, 3.63) is 72.1 Å². The SMILES string of the molecule is CC(C)c1cccc([C@H]2CCON2c2cc(Nc3ccc(N4CCN(C)CC4)cc3)ncn2)c1. The van der Waals surface area contributed by atoms with Crippen molar-refractivity contribution in [2.75, 3.05) is 55.1 Å². The van der Waals surface area contributed by atoms with Gasteiger partial charge in [0.2, 0.25) is 0 Å². The quantitative estimate of drug-likeness (QED) is 0.559. The molecular formula is C27H34N6O. The molecule has 2 aromatic carbocycles. The van der Waals surface area contributed by atoms with Crippen molar-refractivity contribution in [2.45, 2.75) is 32.2 Å². The van der Waals surface area contributed by atoms with E-state index in [0.717, 1.165) is 49.9 Å². The number of hydrogen-bond acceptors (Lipinski definition) is 7. The van der Waals surface area contributed by atoms with E-state index in [1.54, 1.807) is 6.33 Å². The Balaban J connectivity index is 1.29.